The first-order valence-electron chi connectivity index (χ1n) is 9.96. The van der Waals surface area contributed by atoms with Crippen molar-refractivity contribution in [2.24, 2.45) is 0 Å². The standard InChI is InChI=1S/C23H24N4O4/c1-14(15-7-5-4-6-8-15)11-24-20(28)12-27-13-25-21-16-9-18(30-2)19(31-3)10-17(16)26-22(21)23(27)29/h4-10,13-14,26H,11-12H2,1-3H3,(H,24,28)/t14-/m1/s1. The Hall–Kier alpha value is -3.81. The van der Waals surface area contributed by atoms with Gasteiger partial charge in [-0.3, -0.25) is 14.2 Å². The summed E-state index contributed by atoms with van der Waals surface area (Å²) >= 11 is 0. The second kappa shape index (κ2) is 8.51. The molecule has 8 heteroatoms. The SMILES string of the molecule is COc1cc2[nH]c3c(=O)n(CC(=O)NC[C@@H](C)c4ccccc4)cnc3c2cc1OC. The fraction of sp³-hybridized carbons (Fsp3) is 0.261. The molecular formula is C23H24N4O4. The average molecular weight is 420 g/mol. The molecule has 2 aromatic heterocycles. The van der Waals surface area contributed by atoms with Crippen LogP contribution in [0.5, 0.6) is 11.5 Å². The van der Waals surface area contributed by atoms with E-state index in [0.29, 0.717) is 34.6 Å². The Bertz CT molecular complexity index is 1290. The third kappa shape index (κ3) is 3.96. The van der Waals surface area contributed by atoms with Crippen LogP contribution in [0.4, 0.5) is 0 Å². The van der Waals surface area contributed by atoms with Gasteiger partial charge in [0.05, 0.1) is 26.1 Å². The molecule has 31 heavy (non-hydrogen) atoms. The van der Waals surface area contributed by atoms with Gasteiger partial charge in [-0.25, -0.2) is 4.98 Å². The number of carbonyl (C=O) groups excluding carboxylic acids is 1. The lowest BCUT2D eigenvalue weighted by Gasteiger charge is -2.13. The van der Waals surface area contributed by atoms with E-state index >= 15 is 0 Å². The highest BCUT2D eigenvalue weighted by atomic mass is 16.5. The van der Waals surface area contributed by atoms with Crippen molar-refractivity contribution in [2.75, 3.05) is 20.8 Å². The van der Waals surface area contributed by atoms with Crippen LogP contribution in [-0.4, -0.2) is 41.2 Å². The Morgan fingerprint density at radius 1 is 1.16 bits per heavy atom. The van der Waals surface area contributed by atoms with Crippen molar-refractivity contribution >= 4 is 27.8 Å². The molecule has 1 atom stereocenters. The Morgan fingerprint density at radius 2 is 1.87 bits per heavy atom. The van der Waals surface area contributed by atoms with Crippen molar-refractivity contribution in [3.63, 3.8) is 0 Å². The molecular weight excluding hydrogens is 396 g/mol. The fourth-order valence-corrected chi connectivity index (χ4v) is 3.61. The summed E-state index contributed by atoms with van der Waals surface area (Å²) in [5.41, 5.74) is 2.39. The molecule has 0 aliphatic heterocycles. The van der Waals surface area contributed by atoms with Gasteiger partial charge >= 0.3 is 0 Å². The van der Waals surface area contributed by atoms with Crippen LogP contribution in [0.2, 0.25) is 0 Å². The number of rotatable bonds is 7. The number of methoxy groups -OCH3 is 2. The van der Waals surface area contributed by atoms with Gasteiger partial charge in [0.1, 0.15) is 17.6 Å². The normalized spacial score (nSPS) is 12.1. The van der Waals surface area contributed by atoms with Crippen LogP contribution < -0.4 is 20.3 Å². The predicted octanol–water partition coefficient (Wildman–Crippen LogP) is 2.81. The summed E-state index contributed by atoms with van der Waals surface area (Å²) < 4.78 is 12.0. The summed E-state index contributed by atoms with van der Waals surface area (Å²) in [6.07, 6.45) is 1.40. The van der Waals surface area contributed by atoms with Gasteiger partial charge < -0.3 is 19.8 Å². The minimum Gasteiger partial charge on any atom is -0.493 e. The zero-order valence-corrected chi connectivity index (χ0v) is 17.6. The smallest absolute Gasteiger partial charge is 0.278 e. The van der Waals surface area contributed by atoms with Gasteiger partial charge in [0.15, 0.2) is 11.5 Å². The first kappa shape index (κ1) is 20.5. The van der Waals surface area contributed by atoms with Gasteiger partial charge in [-0.15, -0.1) is 0 Å². The van der Waals surface area contributed by atoms with E-state index in [4.69, 9.17) is 9.47 Å². The van der Waals surface area contributed by atoms with Crippen LogP contribution in [-0.2, 0) is 11.3 Å². The monoisotopic (exact) mass is 420 g/mol. The Kier molecular flexibility index (Phi) is 5.62. The van der Waals surface area contributed by atoms with Crippen LogP contribution in [0.1, 0.15) is 18.4 Å². The Balaban J connectivity index is 1.55. The van der Waals surface area contributed by atoms with E-state index in [1.54, 1.807) is 26.4 Å². The number of aromatic nitrogens is 3. The summed E-state index contributed by atoms with van der Waals surface area (Å²) in [5, 5.41) is 3.64. The average Bonchev–Trinajstić information content (AvgIpc) is 3.17. The number of hydrogen-bond acceptors (Lipinski definition) is 5. The summed E-state index contributed by atoms with van der Waals surface area (Å²) in [5.74, 6) is 1.02. The van der Waals surface area contributed by atoms with E-state index in [1.165, 1.54) is 10.9 Å². The topological polar surface area (TPSA) is 98.2 Å². The van der Waals surface area contributed by atoms with Gasteiger partial charge in [0.25, 0.3) is 5.56 Å². The number of nitrogens with one attached hydrogen (secondary N) is 2. The lowest BCUT2D eigenvalue weighted by Crippen LogP contribution is -2.34. The molecule has 2 heterocycles. The van der Waals surface area contributed by atoms with Gasteiger partial charge in [-0.1, -0.05) is 37.3 Å². The molecule has 4 aromatic rings. The van der Waals surface area contributed by atoms with Gasteiger partial charge in [0.2, 0.25) is 5.91 Å². The molecule has 2 N–H and O–H groups in total. The predicted molar refractivity (Wildman–Crippen MR) is 119 cm³/mol. The molecule has 0 aliphatic carbocycles. The summed E-state index contributed by atoms with van der Waals surface area (Å²) in [6.45, 7) is 2.42. The van der Waals surface area contributed by atoms with E-state index < -0.39 is 0 Å². The molecule has 0 radical (unpaired) electrons. The van der Waals surface area contributed by atoms with E-state index in [1.807, 2.05) is 37.3 Å². The number of fused-ring (bicyclic) bond motifs is 3. The summed E-state index contributed by atoms with van der Waals surface area (Å²) in [6, 6.07) is 13.5. The van der Waals surface area contributed by atoms with E-state index in [2.05, 4.69) is 15.3 Å². The van der Waals surface area contributed by atoms with Crippen LogP contribution in [0.15, 0.2) is 53.6 Å². The molecule has 0 saturated heterocycles. The molecule has 1 amide bonds. The van der Waals surface area contributed by atoms with Crippen molar-refractivity contribution in [1.29, 1.82) is 0 Å². The van der Waals surface area contributed by atoms with Crippen molar-refractivity contribution in [3.8, 4) is 11.5 Å². The molecule has 0 unspecified atom stereocenters. The number of benzene rings is 2. The minimum absolute atomic E-state index is 0.106. The summed E-state index contributed by atoms with van der Waals surface area (Å²) in [7, 11) is 3.10. The van der Waals surface area contributed by atoms with Gasteiger partial charge in [0, 0.05) is 18.0 Å². The highest BCUT2D eigenvalue weighted by Crippen LogP contribution is 2.34. The third-order valence-corrected chi connectivity index (χ3v) is 5.36. The fourth-order valence-electron chi connectivity index (χ4n) is 3.61. The molecule has 4 rings (SSSR count). The number of aromatic amines is 1. The molecule has 2 aromatic carbocycles. The van der Waals surface area contributed by atoms with Crippen molar-refractivity contribution < 1.29 is 14.3 Å². The molecule has 0 aliphatic rings. The maximum atomic E-state index is 13.0. The molecule has 0 saturated carbocycles. The van der Waals surface area contributed by atoms with Crippen LogP contribution >= 0.6 is 0 Å². The quantitative estimate of drug-likeness (QED) is 0.479. The zero-order valence-electron chi connectivity index (χ0n) is 17.6. The lowest BCUT2D eigenvalue weighted by molar-refractivity contribution is -0.121. The first-order valence-corrected chi connectivity index (χ1v) is 9.96. The number of nitrogens with zero attached hydrogens (tertiary/aromatic N) is 2. The second-order valence-electron chi connectivity index (χ2n) is 7.39. The van der Waals surface area contributed by atoms with E-state index in [-0.39, 0.29) is 23.9 Å². The molecule has 0 fully saturated rings. The van der Waals surface area contributed by atoms with Gasteiger partial charge in [-0.05, 0) is 17.5 Å². The maximum Gasteiger partial charge on any atom is 0.278 e. The second-order valence-corrected chi connectivity index (χ2v) is 7.39. The van der Waals surface area contributed by atoms with E-state index in [9.17, 15) is 9.59 Å². The maximum absolute atomic E-state index is 13.0. The number of hydrogen-bond donors (Lipinski definition) is 2. The zero-order chi connectivity index (χ0) is 22.0. The first-order chi connectivity index (χ1) is 15.0. The van der Waals surface area contributed by atoms with Crippen LogP contribution in [0.25, 0.3) is 21.9 Å². The Labute approximate surface area is 178 Å². The molecule has 0 spiro atoms. The highest BCUT2D eigenvalue weighted by Gasteiger charge is 2.16. The number of ether oxygens (including phenoxy) is 2. The van der Waals surface area contributed by atoms with Crippen LogP contribution in [0, 0.1) is 0 Å². The van der Waals surface area contributed by atoms with Crippen molar-refractivity contribution in [1.82, 2.24) is 19.9 Å². The lowest BCUT2D eigenvalue weighted by atomic mass is 10.0. The number of H-pyrrole nitrogens is 1. The summed E-state index contributed by atoms with van der Waals surface area (Å²) in [4.78, 5) is 32.9. The Morgan fingerprint density at radius 3 is 2.58 bits per heavy atom. The minimum atomic E-state index is -0.314. The number of amides is 1. The van der Waals surface area contributed by atoms with Crippen molar-refractivity contribution in [2.45, 2.75) is 19.4 Å². The largest absolute Gasteiger partial charge is 0.493 e. The molecule has 0 bridgehead atoms. The highest BCUT2D eigenvalue weighted by molar-refractivity contribution is 6.05. The number of carbonyl (C=O) groups is 1. The van der Waals surface area contributed by atoms with Gasteiger partial charge in [-0.2, -0.15) is 0 Å². The van der Waals surface area contributed by atoms with Crippen LogP contribution in [0.3, 0.4) is 0 Å². The molecule has 8 nitrogen and oxygen atoms in total. The molecule has 160 valence electrons. The van der Waals surface area contributed by atoms with Crippen molar-refractivity contribution in [3.05, 3.63) is 64.7 Å². The third-order valence-electron chi connectivity index (χ3n) is 5.36. The van der Waals surface area contributed by atoms with E-state index in [0.717, 1.165) is 10.9 Å².